The fourth-order valence-corrected chi connectivity index (χ4v) is 3.97. The second-order valence-electron chi connectivity index (χ2n) is 7.90. The van der Waals surface area contributed by atoms with Crippen molar-refractivity contribution >= 4 is 22.8 Å². The molecule has 3 heterocycles. The fraction of sp³-hybridized carbons (Fsp3) is 0.500. The Morgan fingerprint density at radius 2 is 2.03 bits per heavy atom. The van der Waals surface area contributed by atoms with Gasteiger partial charge in [-0.2, -0.15) is 5.10 Å². The maximum absolute atomic E-state index is 14.6. The summed E-state index contributed by atoms with van der Waals surface area (Å²) in [4.78, 5) is 24.1. The normalized spacial score (nSPS) is 14.6. The molecule has 1 aliphatic heterocycles. The first-order valence-corrected chi connectivity index (χ1v) is 11.2. The SMILES string of the molecule is CCN(CC)C(=O)Nc1cn[nH]c1-c1nc2cc(OCCN3CCCCC3)c(F)cc2[nH]1. The van der Waals surface area contributed by atoms with Gasteiger partial charge in [-0.1, -0.05) is 6.42 Å². The number of anilines is 1. The van der Waals surface area contributed by atoms with Crippen LogP contribution in [0, 0.1) is 5.82 Å². The van der Waals surface area contributed by atoms with E-state index in [1.165, 1.54) is 31.5 Å². The van der Waals surface area contributed by atoms with E-state index in [0.717, 1.165) is 19.6 Å². The number of carbonyl (C=O) groups excluding carboxylic acids is 1. The molecule has 10 heteroatoms. The van der Waals surface area contributed by atoms with Crippen molar-refractivity contribution in [2.24, 2.45) is 0 Å². The van der Waals surface area contributed by atoms with Gasteiger partial charge in [0.1, 0.15) is 12.3 Å². The van der Waals surface area contributed by atoms with Crippen LogP contribution in [0.4, 0.5) is 14.9 Å². The van der Waals surface area contributed by atoms with Gasteiger partial charge >= 0.3 is 6.03 Å². The number of urea groups is 1. The molecular formula is C22H30FN7O2. The summed E-state index contributed by atoms with van der Waals surface area (Å²) in [6.07, 6.45) is 5.23. The van der Waals surface area contributed by atoms with Crippen molar-refractivity contribution in [3.8, 4) is 17.3 Å². The van der Waals surface area contributed by atoms with Crippen molar-refractivity contribution in [1.82, 2.24) is 30.0 Å². The highest BCUT2D eigenvalue weighted by atomic mass is 19.1. The van der Waals surface area contributed by atoms with Crippen molar-refractivity contribution in [3.05, 3.63) is 24.1 Å². The molecule has 0 unspecified atom stereocenters. The molecule has 1 fully saturated rings. The monoisotopic (exact) mass is 443 g/mol. The molecule has 0 atom stereocenters. The van der Waals surface area contributed by atoms with Gasteiger partial charge in [-0.05, 0) is 39.8 Å². The summed E-state index contributed by atoms with van der Waals surface area (Å²) in [5.41, 5.74) is 2.13. The molecule has 0 radical (unpaired) electrons. The number of nitrogens with one attached hydrogen (secondary N) is 3. The number of amides is 2. The molecule has 1 aromatic carbocycles. The number of ether oxygens (including phenoxy) is 1. The highest BCUT2D eigenvalue weighted by Gasteiger charge is 2.18. The lowest BCUT2D eigenvalue weighted by atomic mass is 10.1. The van der Waals surface area contributed by atoms with Gasteiger partial charge in [-0.25, -0.2) is 14.2 Å². The molecule has 1 aliphatic rings. The van der Waals surface area contributed by atoms with Crippen LogP contribution in [0.15, 0.2) is 18.3 Å². The third kappa shape index (κ3) is 4.85. The molecule has 0 bridgehead atoms. The van der Waals surface area contributed by atoms with Crippen molar-refractivity contribution < 1.29 is 13.9 Å². The van der Waals surface area contributed by atoms with Crippen molar-refractivity contribution in [1.29, 1.82) is 0 Å². The van der Waals surface area contributed by atoms with Crippen LogP contribution in [0.2, 0.25) is 0 Å². The van der Waals surface area contributed by atoms with Crippen LogP contribution in [0.3, 0.4) is 0 Å². The zero-order valence-electron chi connectivity index (χ0n) is 18.6. The minimum atomic E-state index is -0.439. The number of aromatic amines is 2. The first-order valence-electron chi connectivity index (χ1n) is 11.2. The van der Waals surface area contributed by atoms with E-state index in [9.17, 15) is 9.18 Å². The van der Waals surface area contributed by atoms with Gasteiger partial charge in [0.15, 0.2) is 17.4 Å². The Labute approximate surface area is 186 Å². The summed E-state index contributed by atoms with van der Waals surface area (Å²) >= 11 is 0. The minimum Gasteiger partial charge on any atom is -0.489 e. The van der Waals surface area contributed by atoms with Crippen LogP contribution in [0.5, 0.6) is 5.75 Å². The molecule has 4 rings (SSSR count). The number of hydrogen-bond donors (Lipinski definition) is 3. The number of benzene rings is 1. The van der Waals surface area contributed by atoms with Crippen LogP contribution >= 0.6 is 0 Å². The molecule has 0 spiro atoms. The first-order chi connectivity index (χ1) is 15.6. The molecule has 3 N–H and O–H groups in total. The molecular weight excluding hydrogens is 413 g/mol. The van der Waals surface area contributed by atoms with Crippen LogP contribution in [0.25, 0.3) is 22.6 Å². The van der Waals surface area contributed by atoms with E-state index < -0.39 is 5.82 Å². The molecule has 32 heavy (non-hydrogen) atoms. The number of H-pyrrole nitrogens is 2. The van der Waals surface area contributed by atoms with Gasteiger partial charge in [0, 0.05) is 31.8 Å². The third-order valence-corrected chi connectivity index (χ3v) is 5.82. The van der Waals surface area contributed by atoms with Gasteiger partial charge in [-0.15, -0.1) is 0 Å². The summed E-state index contributed by atoms with van der Waals surface area (Å²) in [6.45, 7) is 8.39. The number of imidazole rings is 1. The first kappa shape index (κ1) is 22.1. The van der Waals surface area contributed by atoms with E-state index >= 15 is 0 Å². The highest BCUT2D eigenvalue weighted by Crippen LogP contribution is 2.29. The summed E-state index contributed by atoms with van der Waals surface area (Å²) in [7, 11) is 0. The van der Waals surface area contributed by atoms with E-state index in [-0.39, 0.29) is 11.8 Å². The minimum absolute atomic E-state index is 0.187. The molecule has 2 aromatic heterocycles. The largest absolute Gasteiger partial charge is 0.489 e. The number of piperidine rings is 1. The van der Waals surface area contributed by atoms with Gasteiger partial charge in [0.05, 0.1) is 22.9 Å². The Bertz CT molecular complexity index is 1050. The number of aromatic nitrogens is 4. The quantitative estimate of drug-likeness (QED) is 0.491. The van der Waals surface area contributed by atoms with E-state index in [2.05, 4.69) is 30.4 Å². The number of carbonyl (C=O) groups is 1. The Morgan fingerprint density at radius 3 is 2.78 bits per heavy atom. The Balaban J connectivity index is 1.48. The van der Waals surface area contributed by atoms with E-state index in [1.54, 1.807) is 11.0 Å². The van der Waals surface area contributed by atoms with Crippen LogP contribution < -0.4 is 10.1 Å². The third-order valence-electron chi connectivity index (χ3n) is 5.82. The second-order valence-corrected chi connectivity index (χ2v) is 7.90. The zero-order valence-corrected chi connectivity index (χ0v) is 18.6. The Morgan fingerprint density at radius 1 is 1.25 bits per heavy atom. The van der Waals surface area contributed by atoms with Crippen LogP contribution in [0.1, 0.15) is 33.1 Å². The maximum atomic E-state index is 14.6. The lowest BCUT2D eigenvalue weighted by molar-refractivity contribution is 0.180. The van der Waals surface area contributed by atoms with Crippen molar-refractivity contribution in [2.45, 2.75) is 33.1 Å². The predicted molar refractivity (Wildman–Crippen MR) is 121 cm³/mol. The van der Waals surface area contributed by atoms with Crippen molar-refractivity contribution in [3.63, 3.8) is 0 Å². The Kier molecular flexibility index (Phi) is 6.89. The smallest absolute Gasteiger partial charge is 0.321 e. The molecule has 9 nitrogen and oxygen atoms in total. The zero-order chi connectivity index (χ0) is 22.5. The molecule has 1 saturated heterocycles. The lowest BCUT2D eigenvalue weighted by Gasteiger charge is -2.26. The van der Waals surface area contributed by atoms with E-state index in [0.29, 0.717) is 47.9 Å². The summed E-state index contributed by atoms with van der Waals surface area (Å²) in [5, 5.41) is 9.73. The summed E-state index contributed by atoms with van der Waals surface area (Å²) < 4.78 is 20.3. The average molecular weight is 444 g/mol. The summed E-state index contributed by atoms with van der Waals surface area (Å²) in [6, 6.07) is 2.77. The number of nitrogens with zero attached hydrogens (tertiary/aromatic N) is 4. The van der Waals surface area contributed by atoms with Gasteiger partial charge in [0.25, 0.3) is 0 Å². The van der Waals surface area contributed by atoms with Gasteiger partial charge in [0.2, 0.25) is 0 Å². The molecule has 0 aliphatic carbocycles. The number of fused-ring (bicyclic) bond motifs is 1. The van der Waals surface area contributed by atoms with Gasteiger partial charge < -0.3 is 19.9 Å². The molecule has 172 valence electrons. The maximum Gasteiger partial charge on any atom is 0.321 e. The van der Waals surface area contributed by atoms with Crippen LogP contribution in [-0.4, -0.2) is 75.3 Å². The van der Waals surface area contributed by atoms with Gasteiger partial charge in [-0.3, -0.25) is 10.00 Å². The van der Waals surface area contributed by atoms with Crippen molar-refractivity contribution in [2.75, 3.05) is 44.6 Å². The van der Waals surface area contributed by atoms with Crippen LogP contribution in [-0.2, 0) is 0 Å². The van der Waals surface area contributed by atoms with E-state index in [1.807, 2.05) is 13.8 Å². The number of halogens is 1. The Hall–Kier alpha value is -3.14. The molecule has 2 amide bonds. The number of likely N-dealkylation sites (tertiary alicyclic amines) is 1. The standard InChI is InChI=1S/C22H30FN7O2/c1-3-30(4-2)22(31)27-18-14-24-28-20(18)21-25-16-12-15(23)19(13-17(16)26-21)32-11-10-29-8-6-5-7-9-29/h12-14H,3-11H2,1-2H3,(H,24,28)(H,25,26)(H,27,31). The highest BCUT2D eigenvalue weighted by molar-refractivity contribution is 5.93. The average Bonchev–Trinajstić information content (AvgIpc) is 3.41. The lowest BCUT2D eigenvalue weighted by Crippen LogP contribution is -2.34. The number of hydrogen-bond acceptors (Lipinski definition) is 5. The van der Waals surface area contributed by atoms with E-state index in [4.69, 9.17) is 4.74 Å². The second kappa shape index (κ2) is 9.99. The molecule has 3 aromatic rings. The molecule has 0 saturated carbocycles. The summed E-state index contributed by atoms with van der Waals surface area (Å²) in [5.74, 6) is 0.204. The fourth-order valence-electron chi connectivity index (χ4n) is 3.97. The number of rotatable bonds is 8. The predicted octanol–water partition coefficient (Wildman–Crippen LogP) is 3.83. The topological polar surface area (TPSA) is 102 Å².